The molecule has 1 N–H and O–H groups in total. The van der Waals surface area contributed by atoms with E-state index in [-0.39, 0.29) is 6.61 Å². The summed E-state index contributed by atoms with van der Waals surface area (Å²) in [5.41, 5.74) is 0.976. The van der Waals surface area contributed by atoms with E-state index in [0.29, 0.717) is 0 Å². The zero-order valence-corrected chi connectivity index (χ0v) is 12.2. The second kappa shape index (κ2) is 7.25. The molecule has 2 rings (SSSR count). The lowest BCUT2D eigenvalue weighted by Gasteiger charge is -2.02. The summed E-state index contributed by atoms with van der Waals surface area (Å²) in [6, 6.07) is 10.1. The lowest BCUT2D eigenvalue weighted by molar-refractivity contribution is 0.350. The normalized spacial score (nSPS) is 9.79. The number of aliphatic hydroxyl groups is 1. The summed E-state index contributed by atoms with van der Waals surface area (Å²) >= 11 is 3.48. The number of thiophene rings is 1. The first-order valence-electron chi connectivity index (χ1n) is 5.76. The maximum atomic E-state index is 8.64. The highest BCUT2D eigenvalue weighted by Crippen LogP contribution is 2.27. The Balaban J connectivity index is 1.92. The minimum Gasteiger partial charge on any atom is -0.497 e. The van der Waals surface area contributed by atoms with Gasteiger partial charge < -0.3 is 9.84 Å². The Morgan fingerprint density at radius 2 is 2.11 bits per heavy atom. The van der Waals surface area contributed by atoms with Crippen molar-refractivity contribution in [3.05, 3.63) is 46.2 Å². The molecule has 1 aromatic carbocycles. The zero-order valence-electron chi connectivity index (χ0n) is 10.6. The fourth-order valence-corrected chi connectivity index (χ4v) is 3.26. The highest BCUT2D eigenvalue weighted by molar-refractivity contribution is 7.98. The Morgan fingerprint density at radius 3 is 2.79 bits per heavy atom. The van der Waals surface area contributed by atoms with E-state index < -0.39 is 0 Å². The molecule has 2 aromatic rings. The van der Waals surface area contributed by atoms with E-state index in [2.05, 4.69) is 30.0 Å². The molecule has 0 aliphatic heterocycles. The second-order valence-corrected chi connectivity index (χ2v) is 5.77. The number of benzene rings is 1. The fraction of sp³-hybridized carbons (Fsp3) is 0.200. The molecule has 2 nitrogen and oxygen atoms in total. The molecule has 0 bridgehead atoms. The predicted molar refractivity (Wildman–Crippen MR) is 80.8 cm³/mol. The van der Waals surface area contributed by atoms with Crippen molar-refractivity contribution in [2.24, 2.45) is 0 Å². The highest BCUT2D eigenvalue weighted by atomic mass is 32.2. The van der Waals surface area contributed by atoms with Crippen molar-refractivity contribution in [1.82, 2.24) is 0 Å². The lowest BCUT2D eigenvalue weighted by atomic mass is 10.3. The van der Waals surface area contributed by atoms with Gasteiger partial charge in [-0.05, 0) is 30.3 Å². The molecule has 0 unspecified atom stereocenters. The van der Waals surface area contributed by atoms with E-state index in [9.17, 15) is 0 Å². The Hall–Kier alpha value is -1.41. The van der Waals surface area contributed by atoms with E-state index in [1.807, 2.05) is 17.5 Å². The van der Waals surface area contributed by atoms with Gasteiger partial charge >= 0.3 is 0 Å². The minimum atomic E-state index is -0.0915. The third-order valence-corrected chi connectivity index (χ3v) is 4.59. The van der Waals surface area contributed by atoms with Crippen LogP contribution in [0.25, 0.3) is 0 Å². The number of thioether (sulfide) groups is 1. The molecule has 19 heavy (non-hydrogen) atoms. The molecule has 98 valence electrons. The zero-order chi connectivity index (χ0) is 13.5. The van der Waals surface area contributed by atoms with Crippen LogP contribution in [-0.4, -0.2) is 18.8 Å². The molecule has 0 aliphatic carbocycles. The van der Waals surface area contributed by atoms with Crippen LogP contribution in [0.3, 0.4) is 0 Å². The van der Waals surface area contributed by atoms with E-state index in [1.165, 1.54) is 9.77 Å². The Labute approximate surface area is 121 Å². The standard InChI is InChI=1S/C15H14O2S2/c1-17-13-4-6-14(7-5-13)19-11-15-9-12(10-18-15)3-2-8-16/h4-7,9-10,16H,8,11H2,1H3. The third kappa shape index (κ3) is 4.32. The quantitative estimate of drug-likeness (QED) is 0.691. The number of hydrogen-bond acceptors (Lipinski definition) is 4. The average Bonchev–Trinajstić information content (AvgIpc) is 2.91. The van der Waals surface area contributed by atoms with Crippen LogP contribution >= 0.6 is 23.1 Å². The Kier molecular flexibility index (Phi) is 5.34. The molecule has 0 saturated carbocycles. The summed E-state index contributed by atoms with van der Waals surface area (Å²) in [5, 5.41) is 10.7. The number of methoxy groups -OCH3 is 1. The lowest BCUT2D eigenvalue weighted by Crippen LogP contribution is -1.81. The van der Waals surface area contributed by atoms with Crippen LogP contribution in [0.1, 0.15) is 10.4 Å². The first-order valence-corrected chi connectivity index (χ1v) is 7.62. The van der Waals surface area contributed by atoms with Gasteiger partial charge in [0.05, 0.1) is 7.11 Å². The first-order chi connectivity index (χ1) is 9.31. The first kappa shape index (κ1) is 14.0. The Morgan fingerprint density at radius 1 is 1.32 bits per heavy atom. The van der Waals surface area contributed by atoms with Crippen molar-refractivity contribution < 1.29 is 9.84 Å². The van der Waals surface area contributed by atoms with Crippen LogP contribution in [0, 0.1) is 11.8 Å². The van der Waals surface area contributed by atoms with Crippen LogP contribution in [0.5, 0.6) is 5.75 Å². The van der Waals surface area contributed by atoms with Gasteiger partial charge in [-0.1, -0.05) is 11.8 Å². The van der Waals surface area contributed by atoms with E-state index in [1.54, 1.807) is 30.2 Å². The molecule has 0 fully saturated rings. The molecule has 0 radical (unpaired) electrons. The van der Waals surface area contributed by atoms with Gasteiger partial charge in [-0.3, -0.25) is 0 Å². The van der Waals surface area contributed by atoms with Crippen LogP contribution in [0.4, 0.5) is 0 Å². The van der Waals surface area contributed by atoms with E-state index in [4.69, 9.17) is 9.84 Å². The molecule has 1 aromatic heterocycles. The summed E-state index contributed by atoms with van der Waals surface area (Å²) < 4.78 is 5.13. The van der Waals surface area contributed by atoms with Crippen molar-refractivity contribution in [3.8, 4) is 17.6 Å². The summed E-state index contributed by atoms with van der Waals surface area (Å²) in [6.07, 6.45) is 0. The van der Waals surface area contributed by atoms with Gasteiger partial charge in [0.15, 0.2) is 0 Å². The van der Waals surface area contributed by atoms with Crippen molar-refractivity contribution in [2.75, 3.05) is 13.7 Å². The van der Waals surface area contributed by atoms with Crippen molar-refractivity contribution in [1.29, 1.82) is 0 Å². The summed E-state index contributed by atoms with van der Waals surface area (Å²) in [6.45, 7) is -0.0915. The second-order valence-electron chi connectivity index (χ2n) is 3.73. The van der Waals surface area contributed by atoms with Gasteiger partial charge in [-0.25, -0.2) is 0 Å². The van der Waals surface area contributed by atoms with Crippen LogP contribution in [0.2, 0.25) is 0 Å². The monoisotopic (exact) mass is 290 g/mol. The van der Waals surface area contributed by atoms with Gasteiger partial charge in [0.1, 0.15) is 12.4 Å². The van der Waals surface area contributed by atoms with Crippen LogP contribution in [-0.2, 0) is 5.75 Å². The fourth-order valence-electron chi connectivity index (χ4n) is 1.49. The molecular formula is C15H14O2S2. The molecule has 0 saturated heterocycles. The van der Waals surface area contributed by atoms with E-state index in [0.717, 1.165) is 17.1 Å². The topological polar surface area (TPSA) is 29.5 Å². The number of hydrogen-bond donors (Lipinski definition) is 1. The van der Waals surface area contributed by atoms with Crippen molar-refractivity contribution in [2.45, 2.75) is 10.6 Å². The summed E-state index contributed by atoms with van der Waals surface area (Å²) in [4.78, 5) is 2.50. The molecule has 0 atom stereocenters. The number of aliphatic hydroxyl groups excluding tert-OH is 1. The van der Waals surface area contributed by atoms with Crippen molar-refractivity contribution in [3.63, 3.8) is 0 Å². The molecule has 1 heterocycles. The third-order valence-electron chi connectivity index (χ3n) is 2.41. The average molecular weight is 290 g/mol. The van der Waals surface area contributed by atoms with Gasteiger partial charge in [-0.2, -0.15) is 0 Å². The van der Waals surface area contributed by atoms with Crippen molar-refractivity contribution >= 4 is 23.1 Å². The minimum absolute atomic E-state index is 0.0915. The number of ether oxygens (including phenoxy) is 1. The maximum absolute atomic E-state index is 8.64. The molecule has 0 amide bonds. The Bertz CT molecular complexity index is 576. The summed E-state index contributed by atoms with van der Waals surface area (Å²) in [7, 11) is 1.67. The van der Waals surface area contributed by atoms with E-state index >= 15 is 0 Å². The smallest absolute Gasteiger partial charge is 0.118 e. The summed E-state index contributed by atoms with van der Waals surface area (Å²) in [5.74, 6) is 7.37. The molecule has 0 aliphatic rings. The van der Waals surface area contributed by atoms with Crippen LogP contribution < -0.4 is 4.74 Å². The van der Waals surface area contributed by atoms with Gasteiger partial charge in [0.2, 0.25) is 0 Å². The van der Waals surface area contributed by atoms with Gasteiger partial charge in [-0.15, -0.1) is 23.1 Å². The number of rotatable bonds is 4. The maximum Gasteiger partial charge on any atom is 0.118 e. The van der Waals surface area contributed by atoms with Gasteiger partial charge in [0.25, 0.3) is 0 Å². The van der Waals surface area contributed by atoms with Crippen LogP contribution in [0.15, 0.2) is 40.6 Å². The molecule has 4 heteroatoms. The highest BCUT2D eigenvalue weighted by Gasteiger charge is 2.00. The largest absolute Gasteiger partial charge is 0.497 e. The predicted octanol–water partition coefficient (Wildman–Crippen LogP) is 3.39. The van der Waals surface area contributed by atoms with Gasteiger partial charge in [0, 0.05) is 26.5 Å². The SMILES string of the molecule is COc1ccc(SCc2cc(C#CCO)cs2)cc1. The molecule has 0 spiro atoms. The molecular weight excluding hydrogens is 276 g/mol.